The smallest absolute Gasteiger partial charge is 0.335 e. The number of carboxylic acid groups (broad SMARTS) is 1. The summed E-state index contributed by atoms with van der Waals surface area (Å²) in [6, 6.07) is 7.23. The van der Waals surface area contributed by atoms with Gasteiger partial charge in [0.25, 0.3) is 10.0 Å². The molecule has 1 heterocycles. The van der Waals surface area contributed by atoms with Crippen LogP contribution >= 0.6 is 0 Å². The Kier molecular flexibility index (Phi) is 3.48. The molecule has 6 nitrogen and oxygen atoms in total. The van der Waals surface area contributed by atoms with Gasteiger partial charge >= 0.3 is 5.97 Å². The fraction of sp³-hybridized carbons (Fsp3) is 0.133. The summed E-state index contributed by atoms with van der Waals surface area (Å²) in [6.45, 7) is 0.0232. The van der Waals surface area contributed by atoms with Crippen LogP contribution in [-0.2, 0) is 16.4 Å². The number of hydrogen-bond acceptors (Lipinski definition) is 4. The number of rotatable bonds is 3. The molecule has 2 aromatic carbocycles. The SMILES string of the molecule is O=C(O)c1ccc(O)c(S(=O)(=O)N2CCc3cccc(F)c32)c1. The van der Waals surface area contributed by atoms with Gasteiger partial charge in [-0.3, -0.25) is 4.31 Å². The molecule has 0 saturated heterocycles. The molecule has 0 fully saturated rings. The Bertz CT molecular complexity index is 910. The topological polar surface area (TPSA) is 94.9 Å². The Morgan fingerprint density at radius 1 is 1.22 bits per heavy atom. The molecule has 0 aliphatic carbocycles. The Balaban J connectivity index is 2.16. The lowest BCUT2D eigenvalue weighted by molar-refractivity contribution is 0.0696. The number of phenols is 1. The predicted molar refractivity (Wildman–Crippen MR) is 79.7 cm³/mol. The molecule has 1 aliphatic heterocycles. The average molecular weight is 337 g/mol. The van der Waals surface area contributed by atoms with E-state index in [1.165, 1.54) is 6.07 Å². The zero-order chi connectivity index (χ0) is 16.8. The van der Waals surface area contributed by atoms with Gasteiger partial charge in [0.15, 0.2) is 0 Å². The van der Waals surface area contributed by atoms with Gasteiger partial charge in [0, 0.05) is 6.54 Å². The third-order valence-electron chi connectivity index (χ3n) is 3.68. The lowest BCUT2D eigenvalue weighted by Gasteiger charge is -2.20. The molecule has 1 aliphatic rings. The highest BCUT2D eigenvalue weighted by Gasteiger charge is 2.35. The van der Waals surface area contributed by atoms with Crippen LogP contribution in [0.2, 0.25) is 0 Å². The number of aromatic hydroxyl groups is 1. The third-order valence-corrected chi connectivity index (χ3v) is 5.51. The van der Waals surface area contributed by atoms with E-state index < -0.39 is 32.5 Å². The van der Waals surface area contributed by atoms with Crippen LogP contribution in [0.3, 0.4) is 0 Å². The highest BCUT2D eigenvalue weighted by Crippen LogP contribution is 2.37. The number of nitrogens with zero attached hydrogens (tertiary/aromatic N) is 1. The molecule has 2 aromatic rings. The maximum Gasteiger partial charge on any atom is 0.335 e. The second kappa shape index (κ2) is 5.24. The van der Waals surface area contributed by atoms with E-state index in [0.717, 1.165) is 28.6 Å². The van der Waals surface area contributed by atoms with Gasteiger partial charge in [-0.15, -0.1) is 0 Å². The summed E-state index contributed by atoms with van der Waals surface area (Å²) in [6.07, 6.45) is 0.339. The summed E-state index contributed by atoms with van der Waals surface area (Å²) in [7, 11) is -4.28. The van der Waals surface area contributed by atoms with Crippen molar-refractivity contribution in [1.29, 1.82) is 0 Å². The summed E-state index contributed by atoms with van der Waals surface area (Å²) in [5.74, 6) is -2.59. The third kappa shape index (κ3) is 2.40. The fourth-order valence-electron chi connectivity index (χ4n) is 2.59. The molecule has 8 heteroatoms. The van der Waals surface area contributed by atoms with Crippen LogP contribution in [0.1, 0.15) is 15.9 Å². The molecule has 0 amide bonds. The second-order valence-electron chi connectivity index (χ2n) is 5.06. The van der Waals surface area contributed by atoms with Gasteiger partial charge < -0.3 is 10.2 Å². The molecular formula is C15H12FNO5S. The number of benzene rings is 2. The maximum atomic E-state index is 14.0. The molecular weight excluding hydrogens is 325 g/mol. The van der Waals surface area contributed by atoms with Crippen LogP contribution in [0.25, 0.3) is 0 Å². The van der Waals surface area contributed by atoms with Crippen molar-refractivity contribution in [1.82, 2.24) is 0 Å². The van der Waals surface area contributed by atoms with E-state index in [-0.39, 0.29) is 17.8 Å². The minimum atomic E-state index is -4.28. The quantitative estimate of drug-likeness (QED) is 0.893. The molecule has 0 radical (unpaired) electrons. The number of fused-ring (bicyclic) bond motifs is 1. The van der Waals surface area contributed by atoms with Crippen LogP contribution in [0.5, 0.6) is 5.75 Å². The zero-order valence-corrected chi connectivity index (χ0v) is 12.5. The Morgan fingerprint density at radius 2 is 1.96 bits per heavy atom. The summed E-state index contributed by atoms with van der Waals surface area (Å²) in [4.78, 5) is 10.5. The van der Waals surface area contributed by atoms with Crippen LogP contribution in [-0.4, -0.2) is 31.1 Å². The number of sulfonamides is 1. The molecule has 120 valence electrons. The summed E-state index contributed by atoms with van der Waals surface area (Å²) < 4.78 is 40.4. The molecule has 3 rings (SSSR count). The van der Waals surface area contributed by atoms with E-state index in [0.29, 0.717) is 12.0 Å². The molecule has 0 aromatic heterocycles. The van der Waals surface area contributed by atoms with Crippen molar-refractivity contribution < 1.29 is 27.8 Å². The van der Waals surface area contributed by atoms with Crippen molar-refractivity contribution in [3.05, 3.63) is 53.3 Å². The number of carbonyl (C=O) groups is 1. The number of aromatic carboxylic acids is 1. The van der Waals surface area contributed by atoms with Gasteiger partial charge in [0.1, 0.15) is 16.5 Å². The molecule has 0 bridgehead atoms. The Morgan fingerprint density at radius 3 is 2.65 bits per heavy atom. The van der Waals surface area contributed by atoms with Gasteiger partial charge in [-0.05, 0) is 36.2 Å². The number of hydrogen-bond donors (Lipinski definition) is 2. The van der Waals surface area contributed by atoms with E-state index in [1.54, 1.807) is 6.07 Å². The van der Waals surface area contributed by atoms with Crippen molar-refractivity contribution in [2.75, 3.05) is 10.8 Å². The minimum absolute atomic E-state index is 0.0232. The van der Waals surface area contributed by atoms with Gasteiger partial charge in [0.05, 0.1) is 11.3 Å². The van der Waals surface area contributed by atoms with E-state index in [2.05, 4.69) is 0 Å². The first-order valence-corrected chi connectivity index (χ1v) is 8.13. The summed E-state index contributed by atoms with van der Waals surface area (Å²) in [5, 5.41) is 18.8. The number of anilines is 1. The number of para-hydroxylation sites is 1. The highest BCUT2D eigenvalue weighted by molar-refractivity contribution is 7.93. The zero-order valence-electron chi connectivity index (χ0n) is 11.7. The van der Waals surface area contributed by atoms with Gasteiger partial charge in [0.2, 0.25) is 0 Å². The molecule has 23 heavy (non-hydrogen) atoms. The van der Waals surface area contributed by atoms with Gasteiger partial charge in [-0.25, -0.2) is 17.6 Å². The van der Waals surface area contributed by atoms with Crippen LogP contribution in [0.15, 0.2) is 41.3 Å². The lowest BCUT2D eigenvalue weighted by Crippen LogP contribution is -2.30. The average Bonchev–Trinajstić information content (AvgIpc) is 2.93. The van der Waals surface area contributed by atoms with E-state index >= 15 is 0 Å². The second-order valence-corrected chi connectivity index (χ2v) is 6.89. The molecule has 2 N–H and O–H groups in total. The van der Waals surface area contributed by atoms with Gasteiger partial charge in [-0.2, -0.15) is 0 Å². The summed E-state index contributed by atoms with van der Waals surface area (Å²) in [5.41, 5.74) is 0.199. The largest absolute Gasteiger partial charge is 0.507 e. The number of carboxylic acids is 1. The highest BCUT2D eigenvalue weighted by atomic mass is 32.2. The lowest BCUT2D eigenvalue weighted by atomic mass is 10.2. The van der Waals surface area contributed by atoms with Gasteiger partial charge in [-0.1, -0.05) is 12.1 Å². The molecule has 0 unspecified atom stereocenters. The van der Waals surface area contributed by atoms with Crippen molar-refractivity contribution in [3.63, 3.8) is 0 Å². The Labute approximate surface area is 131 Å². The van der Waals surface area contributed by atoms with E-state index in [4.69, 9.17) is 5.11 Å². The van der Waals surface area contributed by atoms with E-state index in [9.17, 15) is 22.7 Å². The van der Waals surface area contributed by atoms with Crippen molar-refractivity contribution in [2.24, 2.45) is 0 Å². The fourth-order valence-corrected chi connectivity index (χ4v) is 4.21. The molecule has 0 saturated carbocycles. The van der Waals surface area contributed by atoms with Crippen LogP contribution < -0.4 is 4.31 Å². The number of halogens is 1. The first-order valence-electron chi connectivity index (χ1n) is 6.69. The normalized spacial score (nSPS) is 13.9. The monoisotopic (exact) mass is 337 g/mol. The van der Waals surface area contributed by atoms with E-state index in [1.807, 2.05) is 0 Å². The van der Waals surface area contributed by atoms with Crippen molar-refractivity contribution in [3.8, 4) is 5.75 Å². The first-order chi connectivity index (χ1) is 10.8. The maximum absolute atomic E-state index is 14.0. The standard InChI is InChI=1S/C15H12FNO5S/c16-11-3-1-2-9-6-7-17(14(9)11)23(21,22)13-8-10(15(19)20)4-5-12(13)18/h1-5,8,18H,6-7H2,(H,19,20). The van der Waals surface area contributed by atoms with Crippen molar-refractivity contribution >= 4 is 21.7 Å². The molecule has 0 spiro atoms. The van der Waals surface area contributed by atoms with Crippen LogP contribution in [0, 0.1) is 5.82 Å². The summed E-state index contributed by atoms with van der Waals surface area (Å²) >= 11 is 0. The predicted octanol–water partition coefficient (Wildman–Crippen LogP) is 1.98. The first kappa shape index (κ1) is 15.3. The minimum Gasteiger partial charge on any atom is -0.507 e. The molecule has 0 atom stereocenters. The van der Waals surface area contributed by atoms with Crippen LogP contribution in [0.4, 0.5) is 10.1 Å². The van der Waals surface area contributed by atoms with Crippen molar-refractivity contribution in [2.45, 2.75) is 11.3 Å². The Hall–Kier alpha value is -2.61. The number of phenolic OH excluding ortho intramolecular Hbond substituents is 1.